The third-order valence-electron chi connectivity index (χ3n) is 3.18. The van der Waals surface area contributed by atoms with E-state index in [-0.39, 0.29) is 16.4 Å². The van der Waals surface area contributed by atoms with Gasteiger partial charge in [-0.15, -0.1) is 0 Å². The van der Waals surface area contributed by atoms with Gasteiger partial charge in [0, 0.05) is 22.2 Å². The average molecular weight is 367 g/mol. The molecule has 124 valence electrons. The SMILES string of the molecule is C[C@H](OC(=O)/C=C/c1c(F)cccc1Cl)C(=O)c1ccc(Cl)cc1. The molecule has 3 nitrogen and oxygen atoms in total. The second-order valence-electron chi connectivity index (χ2n) is 4.92. The molecule has 0 radical (unpaired) electrons. The number of halogens is 3. The van der Waals surface area contributed by atoms with Crippen LogP contribution in [0, 0.1) is 5.82 Å². The van der Waals surface area contributed by atoms with E-state index in [1.807, 2.05) is 0 Å². The van der Waals surface area contributed by atoms with Crippen LogP contribution in [0.1, 0.15) is 22.8 Å². The summed E-state index contributed by atoms with van der Waals surface area (Å²) in [5.41, 5.74) is 0.452. The van der Waals surface area contributed by atoms with E-state index in [1.165, 1.54) is 31.2 Å². The minimum absolute atomic E-state index is 0.0767. The summed E-state index contributed by atoms with van der Waals surface area (Å²) in [5.74, 6) is -1.70. The number of benzene rings is 2. The number of ether oxygens (including phenoxy) is 1. The van der Waals surface area contributed by atoms with Gasteiger partial charge in [-0.3, -0.25) is 4.79 Å². The van der Waals surface area contributed by atoms with Gasteiger partial charge in [-0.25, -0.2) is 9.18 Å². The Morgan fingerprint density at radius 1 is 1.12 bits per heavy atom. The van der Waals surface area contributed by atoms with Crippen molar-refractivity contribution in [1.82, 2.24) is 0 Å². The zero-order valence-electron chi connectivity index (χ0n) is 12.6. The Balaban J connectivity index is 2.02. The normalized spacial score (nSPS) is 12.2. The number of hydrogen-bond donors (Lipinski definition) is 0. The molecule has 0 aliphatic carbocycles. The first kappa shape index (κ1) is 18.2. The first-order valence-electron chi connectivity index (χ1n) is 7.01. The molecule has 0 bridgehead atoms. The zero-order valence-corrected chi connectivity index (χ0v) is 14.1. The molecule has 0 unspecified atom stereocenters. The summed E-state index contributed by atoms with van der Waals surface area (Å²) in [7, 11) is 0. The van der Waals surface area contributed by atoms with Crippen molar-refractivity contribution in [3.8, 4) is 0 Å². The lowest BCUT2D eigenvalue weighted by atomic mass is 10.1. The molecule has 24 heavy (non-hydrogen) atoms. The molecular formula is C18H13Cl2FO3. The number of hydrogen-bond acceptors (Lipinski definition) is 3. The van der Waals surface area contributed by atoms with Crippen molar-refractivity contribution < 1.29 is 18.7 Å². The van der Waals surface area contributed by atoms with Gasteiger partial charge in [-0.05, 0) is 49.4 Å². The summed E-state index contributed by atoms with van der Waals surface area (Å²) in [6.07, 6.45) is 1.24. The third-order valence-corrected chi connectivity index (χ3v) is 3.76. The highest BCUT2D eigenvalue weighted by atomic mass is 35.5. The molecule has 0 aromatic heterocycles. The van der Waals surface area contributed by atoms with Crippen LogP contribution in [0.2, 0.25) is 10.0 Å². The van der Waals surface area contributed by atoms with Crippen LogP contribution in [-0.2, 0) is 9.53 Å². The van der Waals surface area contributed by atoms with E-state index in [0.29, 0.717) is 10.6 Å². The van der Waals surface area contributed by atoms with Gasteiger partial charge in [0.1, 0.15) is 5.82 Å². The Labute approximate surface area is 148 Å². The molecule has 1 atom stereocenters. The first-order chi connectivity index (χ1) is 11.4. The molecule has 2 aromatic carbocycles. The molecule has 2 rings (SSSR count). The van der Waals surface area contributed by atoms with Crippen molar-refractivity contribution in [1.29, 1.82) is 0 Å². The molecule has 0 saturated carbocycles. The fraction of sp³-hybridized carbons (Fsp3) is 0.111. The molecule has 0 amide bonds. The van der Waals surface area contributed by atoms with Crippen LogP contribution in [0.4, 0.5) is 4.39 Å². The number of Topliss-reactive ketones (excluding diaryl/α,β-unsaturated/α-hetero) is 1. The largest absolute Gasteiger partial charge is 0.451 e. The molecule has 0 heterocycles. The number of rotatable bonds is 5. The monoisotopic (exact) mass is 366 g/mol. The van der Waals surface area contributed by atoms with Crippen LogP contribution in [-0.4, -0.2) is 17.9 Å². The van der Waals surface area contributed by atoms with Crippen LogP contribution in [0.25, 0.3) is 6.08 Å². The van der Waals surface area contributed by atoms with Crippen molar-refractivity contribution in [3.05, 3.63) is 75.5 Å². The molecule has 0 aliphatic rings. The van der Waals surface area contributed by atoms with E-state index >= 15 is 0 Å². The van der Waals surface area contributed by atoms with E-state index in [1.54, 1.807) is 24.3 Å². The zero-order chi connectivity index (χ0) is 17.7. The summed E-state index contributed by atoms with van der Waals surface area (Å²) in [6, 6.07) is 10.4. The molecular weight excluding hydrogens is 354 g/mol. The third kappa shape index (κ3) is 4.66. The number of carbonyl (C=O) groups is 2. The maximum atomic E-state index is 13.6. The number of ketones is 1. The smallest absolute Gasteiger partial charge is 0.331 e. The maximum Gasteiger partial charge on any atom is 0.331 e. The van der Waals surface area contributed by atoms with Gasteiger partial charge in [0.15, 0.2) is 6.10 Å². The first-order valence-corrected chi connectivity index (χ1v) is 7.76. The van der Waals surface area contributed by atoms with Crippen LogP contribution in [0.5, 0.6) is 0 Å². The molecule has 0 saturated heterocycles. The van der Waals surface area contributed by atoms with Crippen LogP contribution < -0.4 is 0 Å². The molecule has 0 spiro atoms. The second-order valence-corrected chi connectivity index (χ2v) is 5.76. The highest BCUT2D eigenvalue weighted by Crippen LogP contribution is 2.20. The highest BCUT2D eigenvalue weighted by Gasteiger charge is 2.18. The Hall–Kier alpha value is -2.17. The Morgan fingerprint density at radius 3 is 2.42 bits per heavy atom. The predicted molar refractivity (Wildman–Crippen MR) is 91.8 cm³/mol. The van der Waals surface area contributed by atoms with Gasteiger partial charge in [0.2, 0.25) is 5.78 Å². The molecule has 2 aromatic rings. The summed E-state index contributed by atoms with van der Waals surface area (Å²) in [5, 5.41) is 0.672. The van der Waals surface area contributed by atoms with Gasteiger partial charge in [0.25, 0.3) is 0 Å². The lowest BCUT2D eigenvalue weighted by Crippen LogP contribution is -2.23. The van der Waals surface area contributed by atoms with E-state index in [2.05, 4.69) is 0 Å². The van der Waals surface area contributed by atoms with Crippen molar-refractivity contribution in [2.75, 3.05) is 0 Å². The van der Waals surface area contributed by atoms with E-state index in [9.17, 15) is 14.0 Å². The van der Waals surface area contributed by atoms with Crippen molar-refractivity contribution in [2.45, 2.75) is 13.0 Å². The van der Waals surface area contributed by atoms with E-state index in [0.717, 1.165) is 6.08 Å². The Kier molecular flexibility index (Phi) is 6.12. The fourth-order valence-corrected chi connectivity index (χ4v) is 2.29. The summed E-state index contributed by atoms with van der Waals surface area (Å²) in [4.78, 5) is 23.9. The maximum absolute atomic E-state index is 13.6. The Bertz CT molecular complexity index is 765. The summed E-state index contributed by atoms with van der Waals surface area (Å²) < 4.78 is 18.6. The van der Waals surface area contributed by atoms with Gasteiger partial charge in [-0.2, -0.15) is 0 Å². The van der Waals surface area contributed by atoms with Crippen LogP contribution >= 0.6 is 23.2 Å². The lowest BCUT2D eigenvalue weighted by molar-refractivity contribution is -0.140. The number of carbonyl (C=O) groups excluding carboxylic acids is 2. The standard InChI is InChI=1S/C18H13Cl2FO3/c1-11(18(23)12-5-7-13(19)8-6-12)24-17(22)10-9-14-15(20)3-2-4-16(14)21/h2-11H,1H3/b10-9+/t11-/m0/s1. The highest BCUT2D eigenvalue weighted by molar-refractivity contribution is 6.32. The van der Waals surface area contributed by atoms with Crippen LogP contribution in [0.15, 0.2) is 48.5 Å². The lowest BCUT2D eigenvalue weighted by Gasteiger charge is -2.11. The van der Waals surface area contributed by atoms with Gasteiger partial charge < -0.3 is 4.74 Å². The van der Waals surface area contributed by atoms with Crippen molar-refractivity contribution in [2.24, 2.45) is 0 Å². The van der Waals surface area contributed by atoms with Crippen molar-refractivity contribution >= 4 is 41.0 Å². The Morgan fingerprint density at radius 2 is 1.79 bits per heavy atom. The summed E-state index contributed by atoms with van der Waals surface area (Å²) >= 11 is 11.6. The minimum atomic E-state index is -0.987. The molecule has 0 aliphatic heterocycles. The molecule has 0 N–H and O–H groups in total. The fourth-order valence-electron chi connectivity index (χ4n) is 1.94. The van der Waals surface area contributed by atoms with E-state index in [4.69, 9.17) is 27.9 Å². The minimum Gasteiger partial charge on any atom is -0.451 e. The van der Waals surface area contributed by atoms with Crippen molar-refractivity contribution in [3.63, 3.8) is 0 Å². The quantitative estimate of drug-likeness (QED) is 0.426. The number of esters is 1. The van der Waals surface area contributed by atoms with Gasteiger partial charge >= 0.3 is 5.97 Å². The predicted octanol–water partition coefficient (Wildman–Crippen LogP) is 4.96. The van der Waals surface area contributed by atoms with Crippen LogP contribution in [0.3, 0.4) is 0 Å². The average Bonchev–Trinajstić information content (AvgIpc) is 2.54. The second kappa shape index (κ2) is 8.08. The molecule has 0 fully saturated rings. The van der Waals surface area contributed by atoms with E-state index < -0.39 is 17.9 Å². The van der Waals surface area contributed by atoms with Gasteiger partial charge in [0.05, 0.1) is 5.02 Å². The van der Waals surface area contributed by atoms with Gasteiger partial charge in [-0.1, -0.05) is 29.3 Å². The summed E-state index contributed by atoms with van der Waals surface area (Å²) in [6.45, 7) is 1.46. The topological polar surface area (TPSA) is 43.4 Å². The molecule has 6 heteroatoms.